The fourth-order valence-corrected chi connectivity index (χ4v) is 1.68. The fourth-order valence-electron chi connectivity index (χ4n) is 1.68. The van der Waals surface area contributed by atoms with E-state index < -0.39 is 5.91 Å². The number of carbonyl (C=O) groups excluding carboxylic acids is 1. The van der Waals surface area contributed by atoms with E-state index in [-0.39, 0.29) is 6.04 Å². The number of primary amides is 1. The van der Waals surface area contributed by atoms with Gasteiger partial charge in [0.15, 0.2) is 0 Å². The van der Waals surface area contributed by atoms with E-state index in [1.807, 2.05) is 30.3 Å². The van der Waals surface area contributed by atoms with Crippen molar-refractivity contribution in [2.45, 2.75) is 6.04 Å². The van der Waals surface area contributed by atoms with Crippen molar-refractivity contribution < 1.29 is 4.79 Å². The molecule has 5 nitrogen and oxygen atoms in total. The van der Waals surface area contributed by atoms with Gasteiger partial charge in [-0.2, -0.15) is 0 Å². The summed E-state index contributed by atoms with van der Waals surface area (Å²) in [6.45, 7) is 0.562. The van der Waals surface area contributed by atoms with E-state index in [4.69, 9.17) is 11.5 Å². The van der Waals surface area contributed by atoms with Gasteiger partial charge in [-0.05, 0) is 17.7 Å². The van der Waals surface area contributed by atoms with Crippen LogP contribution in [0.1, 0.15) is 22.0 Å². The number of carbonyl (C=O) groups is 1. The summed E-state index contributed by atoms with van der Waals surface area (Å²) in [5.41, 5.74) is 12.6. The second-order valence-electron chi connectivity index (χ2n) is 4.19. The van der Waals surface area contributed by atoms with Gasteiger partial charge in [0.05, 0.1) is 5.56 Å². The van der Waals surface area contributed by atoms with E-state index >= 15 is 0 Å². The normalized spacial score (nSPS) is 11.8. The molecule has 98 valence electrons. The van der Waals surface area contributed by atoms with Gasteiger partial charge in [0, 0.05) is 18.8 Å². The van der Waals surface area contributed by atoms with Crippen molar-refractivity contribution in [3.8, 4) is 0 Å². The van der Waals surface area contributed by atoms with E-state index in [0.717, 1.165) is 5.56 Å². The maximum absolute atomic E-state index is 10.9. The van der Waals surface area contributed by atoms with Gasteiger partial charge in [-0.3, -0.25) is 4.79 Å². The molecule has 0 radical (unpaired) electrons. The van der Waals surface area contributed by atoms with Crippen molar-refractivity contribution in [1.29, 1.82) is 0 Å². The first-order valence-corrected chi connectivity index (χ1v) is 5.97. The van der Waals surface area contributed by atoms with E-state index in [1.165, 1.54) is 6.20 Å². The van der Waals surface area contributed by atoms with Gasteiger partial charge in [0.1, 0.15) is 5.82 Å². The zero-order chi connectivity index (χ0) is 13.7. The highest BCUT2D eigenvalue weighted by atomic mass is 16.1. The number of nitrogens with one attached hydrogen (secondary N) is 1. The lowest BCUT2D eigenvalue weighted by Gasteiger charge is -2.13. The summed E-state index contributed by atoms with van der Waals surface area (Å²) in [5.74, 6) is 0.177. The first-order valence-electron chi connectivity index (χ1n) is 5.97. The molecule has 0 aliphatic carbocycles. The van der Waals surface area contributed by atoms with Crippen molar-refractivity contribution in [3.63, 3.8) is 0 Å². The first-order chi connectivity index (χ1) is 9.16. The third kappa shape index (κ3) is 3.53. The van der Waals surface area contributed by atoms with E-state index in [9.17, 15) is 4.79 Å². The van der Waals surface area contributed by atoms with E-state index in [2.05, 4.69) is 10.3 Å². The van der Waals surface area contributed by atoms with Crippen LogP contribution in [0.2, 0.25) is 0 Å². The van der Waals surface area contributed by atoms with Crippen LogP contribution in [0, 0.1) is 0 Å². The van der Waals surface area contributed by atoms with Gasteiger partial charge < -0.3 is 16.8 Å². The molecule has 0 aliphatic rings. The largest absolute Gasteiger partial charge is 0.368 e. The molecule has 0 spiro atoms. The van der Waals surface area contributed by atoms with Crippen LogP contribution in [0.5, 0.6) is 0 Å². The Hall–Kier alpha value is -2.40. The number of hydrogen-bond acceptors (Lipinski definition) is 4. The molecule has 2 aromatic rings. The lowest BCUT2D eigenvalue weighted by Crippen LogP contribution is -2.21. The lowest BCUT2D eigenvalue weighted by molar-refractivity contribution is 0.1000. The van der Waals surface area contributed by atoms with Crippen LogP contribution in [0.25, 0.3) is 0 Å². The SMILES string of the molecule is NC(=O)c1ccc(NCC(N)c2ccccc2)nc1. The number of benzene rings is 1. The Bertz CT molecular complexity index is 539. The van der Waals surface area contributed by atoms with Crippen molar-refractivity contribution >= 4 is 11.7 Å². The fraction of sp³-hybridized carbons (Fsp3) is 0.143. The van der Waals surface area contributed by atoms with Crippen molar-refractivity contribution in [2.24, 2.45) is 11.5 Å². The number of hydrogen-bond donors (Lipinski definition) is 3. The maximum atomic E-state index is 10.9. The maximum Gasteiger partial charge on any atom is 0.250 e. The second kappa shape index (κ2) is 5.97. The molecule has 0 aliphatic heterocycles. The summed E-state index contributed by atoms with van der Waals surface area (Å²) in [4.78, 5) is 15.0. The highest BCUT2D eigenvalue weighted by molar-refractivity contribution is 5.92. The molecule has 1 heterocycles. The van der Waals surface area contributed by atoms with Gasteiger partial charge in [-0.1, -0.05) is 30.3 Å². The number of anilines is 1. The quantitative estimate of drug-likeness (QED) is 0.751. The Balaban J connectivity index is 1.93. The monoisotopic (exact) mass is 256 g/mol. The van der Waals surface area contributed by atoms with Gasteiger partial charge in [-0.15, -0.1) is 0 Å². The highest BCUT2D eigenvalue weighted by Gasteiger charge is 2.06. The van der Waals surface area contributed by atoms with Gasteiger partial charge in [0.2, 0.25) is 5.91 Å². The summed E-state index contributed by atoms with van der Waals surface area (Å²) < 4.78 is 0. The Morgan fingerprint density at radius 2 is 1.95 bits per heavy atom. The van der Waals surface area contributed by atoms with Crippen LogP contribution in [0.3, 0.4) is 0 Å². The lowest BCUT2D eigenvalue weighted by atomic mass is 10.1. The summed E-state index contributed by atoms with van der Waals surface area (Å²) in [6, 6.07) is 13.0. The number of nitrogens with two attached hydrogens (primary N) is 2. The minimum Gasteiger partial charge on any atom is -0.368 e. The van der Waals surface area contributed by atoms with Crippen molar-refractivity contribution in [2.75, 3.05) is 11.9 Å². The topological polar surface area (TPSA) is 94.0 Å². The van der Waals surface area contributed by atoms with E-state index in [1.54, 1.807) is 12.1 Å². The molecule has 1 aromatic heterocycles. The molecule has 5 heteroatoms. The molecule has 19 heavy (non-hydrogen) atoms. The average molecular weight is 256 g/mol. The van der Waals surface area contributed by atoms with E-state index in [0.29, 0.717) is 17.9 Å². The molecule has 5 N–H and O–H groups in total. The summed E-state index contributed by atoms with van der Waals surface area (Å²) in [6.07, 6.45) is 1.44. The molecular formula is C14H16N4O. The second-order valence-corrected chi connectivity index (χ2v) is 4.19. The Morgan fingerprint density at radius 3 is 2.53 bits per heavy atom. The molecule has 0 saturated heterocycles. The summed E-state index contributed by atoms with van der Waals surface area (Å²) in [5, 5.41) is 3.12. The molecule has 0 fully saturated rings. The Kier molecular flexibility index (Phi) is 4.10. The van der Waals surface area contributed by atoms with Crippen LogP contribution < -0.4 is 16.8 Å². The number of aromatic nitrogens is 1. The van der Waals surface area contributed by atoms with Crippen molar-refractivity contribution in [1.82, 2.24) is 4.98 Å². The zero-order valence-electron chi connectivity index (χ0n) is 10.4. The number of pyridine rings is 1. The zero-order valence-corrected chi connectivity index (χ0v) is 10.4. The van der Waals surface area contributed by atoms with Crippen LogP contribution >= 0.6 is 0 Å². The van der Waals surface area contributed by atoms with Gasteiger partial charge in [0.25, 0.3) is 0 Å². The number of nitrogens with zero attached hydrogens (tertiary/aromatic N) is 1. The summed E-state index contributed by atoms with van der Waals surface area (Å²) in [7, 11) is 0. The molecular weight excluding hydrogens is 240 g/mol. The smallest absolute Gasteiger partial charge is 0.250 e. The minimum absolute atomic E-state index is 0.112. The molecule has 1 atom stereocenters. The number of amides is 1. The molecule has 0 saturated carbocycles. The first kappa shape index (κ1) is 13.0. The van der Waals surface area contributed by atoms with Crippen molar-refractivity contribution in [3.05, 3.63) is 59.8 Å². The van der Waals surface area contributed by atoms with Crippen LogP contribution in [0.15, 0.2) is 48.7 Å². The minimum atomic E-state index is -0.486. The molecule has 1 unspecified atom stereocenters. The van der Waals surface area contributed by atoms with Crippen LogP contribution in [-0.2, 0) is 0 Å². The third-order valence-electron chi connectivity index (χ3n) is 2.78. The standard InChI is InChI=1S/C14H16N4O/c15-12(10-4-2-1-3-5-10)9-18-13-7-6-11(8-17-13)14(16)19/h1-8,12H,9,15H2,(H2,16,19)(H,17,18). The molecule has 2 rings (SSSR count). The Labute approximate surface area is 111 Å². The van der Waals surface area contributed by atoms with Crippen LogP contribution in [-0.4, -0.2) is 17.4 Å². The predicted molar refractivity (Wildman–Crippen MR) is 74.6 cm³/mol. The Morgan fingerprint density at radius 1 is 1.21 bits per heavy atom. The predicted octanol–water partition coefficient (Wildman–Crippen LogP) is 1.29. The number of rotatable bonds is 5. The van der Waals surface area contributed by atoms with Gasteiger partial charge in [-0.25, -0.2) is 4.98 Å². The molecule has 1 aromatic carbocycles. The molecule has 0 bridgehead atoms. The van der Waals surface area contributed by atoms with Gasteiger partial charge >= 0.3 is 0 Å². The molecule has 1 amide bonds. The average Bonchev–Trinajstić information content (AvgIpc) is 2.46. The highest BCUT2D eigenvalue weighted by Crippen LogP contribution is 2.11. The third-order valence-corrected chi connectivity index (χ3v) is 2.78. The van der Waals surface area contributed by atoms with Crippen LogP contribution in [0.4, 0.5) is 5.82 Å². The summed E-state index contributed by atoms with van der Waals surface area (Å²) >= 11 is 0.